The van der Waals surface area contributed by atoms with Crippen LogP contribution in [0.25, 0.3) is 6.08 Å². The predicted octanol–water partition coefficient (Wildman–Crippen LogP) is 3.08. The van der Waals surface area contributed by atoms with E-state index in [1.807, 2.05) is 13.0 Å². The number of rotatable bonds is 3. The van der Waals surface area contributed by atoms with Gasteiger partial charge in [0.1, 0.15) is 0 Å². The lowest BCUT2D eigenvalue weighted by atomic mass is 10.1. The van der Waals surface area contributed by atoms with Crippen LogP contribution in [-0.2, 0) is 4.79 Å². The molecular formula is C15H19NO2. The summed E-state index contributed by atoms with van der Waals surface area (Å²) in [6, 6.07) is 6.82. The Balaban J connectivity index is 2.22. The minimum absolute atomic E-state index is 0.602. The molecule has 1 aliphatic rings. The van der Waals surface area contributed by atoms with Crippen LogP contribution < -0.4 is 4.90 Å². The fourth-order valence-electron chi connectivity index (χ4n) is 2.50. The van der Waals surface area contributed by atoms with Crippen LogP contribution in [0.2, 0.25) is 0 Å². The molecule has 96 valence electrons. The number of hydrogen-bond donors (Lipinski definition) is 1. The molecule has 0 amide bonds. The Labute approximate surface area is 108 Å². The van der Waals surface area contributed by atoms with E-state index < -0.39 is 5.97 Å². The molecule has 0 saturated carbocycles. The van der Waals surface area contributed by atoms with Gasteiger partial charge in [-0.05, 0) is 56.0 Å². The predicted molar refractivity (Wildman–Crippen MR) is 73.9 cm³/mol. The molecule has 2 rings (SSSR count). The van der Waals surface area contributed by atoms with E-state index >= 15 is 0 Å². The van der Waals surface area contributed by atoms with Gasteiger partial charge in [-0.15, -0.1) is 0 Å². The summed E-state index contributed by atoms with van der Waals surface area (Å²) in [5.74, 6) is -0.911. The van der Waals surface area contributed by atoms with Crippen molar-refractivity contribution in [3.05, 3.63) is 35.4 Å². The zero-order valence-electron chi connectivity index (χ0n) is 10.9. The number of benzene rings is 1. The van der Waals surface area contributed by atoms with Gasteiger partial charge in [0.2, 0.25) is 0 Å². The summed E-state index contributed by atoms with van der Waals surface area (Å²) in [6.07, 6.45) is 5.33. The molecule has 1 atom stereocenters. The molecule has 0 aromatic heterocycles. The average molecular weight is 245 g/mol. The zero-order valence-corrected chi connectivity index (χ0v) is 10.9. The van der Waals surface area contributed by atoms with Crippen molar-refractivity contribution in [1.82, 2.24) is 0 Å². The fourth-order valence-corrected chi connectivity index (χ4v) is 2.50. The number of anilines is 1. The Morgan fingerprint density at radius 1 is 1.50 bits per heavy atom. The molecule has 1 aromatic rings. The van der Waals surface area contributed by atoms with E-state index in [2.05, 4.69) is 24.0 Å². The molecule has 1 fully saturated rings. The number of carbonyl (C=O) groups is 1. The number of hydrogen-bond acceptors (Lipinski definition) is 2. The van der Waals surface area contributed by atoms with Gasteiger partial charge in [-0.2, -0.15) is 0 Å². The second-order valence-corrected chi connectivity index (χ2v) is 4.90. The van der Waals surface area contributed by atoms with Crippen molar-refractivity contribution in [2.75, 3.05) is 11.4 Å². The summed E-state index contributed by atoms with van der Waals surface area (Å²) in [5, 5.41) is 8.63. The minimum Gasteiger partial charge on any atom is -0.478 e. The maximum Gasteiger partial charge on any atom is 0.328 e. The van der Waals surface area contributed by atoms with Gasteiger partial charge in [-0.3, -0.25) is 0 Å². The summed E-state index contributed by atoms with van der Waals surface area (Å²) in [7, 11) is 0. The maximum atomic E-state index is 10.5. The van der Waals surface area contributed by atoms with E-state index in [1.165, 1.54) is 24.6 Å². The Morgan fingerprint density at radius 2 is 2.28 bits per heavy atom. The third-order valence-electron chi connectivity index (χ3n) is 3.54. The first-order valence-electron chi connectivity index (χ1n) is 6.36. The van der Waals surface area contributed by atoms with Crippen LogP contribution in [0.5, 0.6) is 0 Å². The third-order valence-corrected chi connectivity index (χ3v) is 3.54. The molecule has 3 heteroatoms. The SMILES string of the molecule is Cc1cc(N2CCCC2C)ccc1C=CC(=O)O. The van der Waals surface area contributed by atoms with Crippen molar-refractivity contribution < 1.29 is 9.90 Å². The van der Waals surface area contributed by atoms with Crippen molar-refractivity contribution in [2.24, 2.45) is 0 Å². The molecule has 0 spiro atoms. The maximum absolute atomic E-state index is 10.5. The lowest BCUT2D eigenvalue weighted by Gasteiger charge is -2.24. The number of aryl methyl sites for hydroxylation is 1. The van der Waals surface area contributed by atoms with Crippen LogP contribution >= 0.6 is 0 Å². The Kier molecular flexibility index (Phi) is 3.70. The van der Waals surface area contributed by atoms with E-state index in [9.17, 15) is 4.79 Å². The largest absolute Gasteiger partial charge is 0.478 e. The van der Waals surface area contributed by atoms with Crippen LogP contribution in [0.15, 0.2) is 24.3 Å². The molecule has 0 aliphatic carbocycles. The second kappa shape index (κ2) is 5.25. The normalized spacial score (nSPS) is 19.7. The molecule has 1 aliphatic heterocycles. The lowest BCUT2D eigenvalue weighted by molar-refractivity contribution is -0.131. The van der Waals surface area contributed by atoms with Gasteiger partial charge in [0.15, 0.2) is 0 Å². The minimum atomic E-state index is -0.911. The Bertz CT molecular complexity index is 479. The fraction of sp³-hybridized carbons (Fsp3) is 0.400. The summed E-state index contributed by atoms with van der Waals surface area (Å²) in [4.78, 5) is 12.9. The monoisotopic (exact) mass is 245 g/mol. The Morgan fingerprint density at radius 3 is 2.83 bits per heavy atom. The van der Waals surface area contributed by atoms with Crippen molar-refractivity contribution in [3.8, 4) is 0 Å². The van der Waals surface area contributed by atoms with Gasteiger partial charge < -0.3 is 10.0 Å². The Hall–Kier alpha value is -1.77. The molecule has 0 radical (unpaired) electrons. The third kappa shape index (κ3) is 2.73. The first kappa shape index (κ1) is 12.7. The molecule has 1 N–H and O–H groups in total. The highest BCUT2D eigenvalue weighted by Gasteiger charge is 2.20. The molecule has 1 heterocycles. The highest BCUT2D eigenvalue weighted by atomic mass is 16.4. The van der Waals surface area contributed by atoms with Crippen LogP contribution in [0, 0.1) is 6.92 Å². The number of carboxylic acids is 1. The van der Waals surface area contributed by atoms with Gasteiger partial charge >= 0.3 is 5.97 Å². The van der Waals surface area contributed by atoms with Crippen molar-refractivity contribution in [1.29, 1.82) is 0 Å². The molecule has 0 bridgehead atoms. The molecule has 3 nitrogen and oxygen atoms in total. The molecule has 1 unspecified atom stereocenters. The van der Waals surface area contributed by atoms with E-state index in [-0.39, 0.29) is 0 Å². The van der Waals surface area contributed by atoms with Gasteiger partial charge in [0.05, 0.1) is 0 Å². The van der Waals surface area contributed by atoms with Gasteiger partial charge in [-0.1, -0.05) is 6.07 Å². The quantitative estimate of drug-likeness (QED) is 0.832. The summed E-state index contributed by atoms with van der Waals surface area (Å²) in [5.41, 5.74) is 3.32. The van der Waals surface area contributed by atoms with Crippen LogP contribution in [0.3, 0.4) is 0 Å². The first-order valence-corrected chi connectivity index (χ1v) is 6.36. The van der Waals surface area contributed by atoms with E-state index in [1.54, 1.807) is 6.08 Å². The van der Waals surface area contributed by atoms with E-state index in [0.29, 0.717) is 6.04 Å². The van der Waals surface area contributed by atoms with Gasteiger partial charge in [0.25, 0.3) is 0 Å². The molecule has 1 aromatic carbocycles. The molecule has 1 saturated heterocycles. The van der Waals surface area contributed by atoms with Crippen molar-refractivity contribution in [2.45, 2.75) is 32.7 Å². The topological polar surface area (TPSA) is 40.5 Å². The lowest BCUT2D eigenvalue weighted by Crippen LogP contribution is -2.26. The smallest absolute Gasteiger partial charge is 0.328 e. The van der Waals surface area contributed by atoms with Crippen molar-refractivity contribution >= 4 is 17.7 Å². The molecular weight excluding hydrogens is 226 g/mol. The van der Waals surface area contributed by atoms with E-state index in [0.717, 1.165) is 17.7 Å². The standard InChI is InChI=1S/C15H19NO2/c1-11-10-14(16-9-3-4-12(16)2)7-5-13(11)6-8-15(17)18/h5-8,10,12H,3-4,9H2,1-2H3,(H,17,18). The van der Waals surface area contributed by atoms with Gasteiger partial charge in [-0.25, -0.2) is 4.79 Å². The number of nitrogens with zero attached hydrogens (tertiary/aromatic N) is 1. The van der Waals surface area contributed by atoms with E-state index in [4.69, 9.17) is 5.11 Å². The summed E-state index contributed by atoms with van der Waals surface area (Å²) < 4.78 is 0. The van der Waals surface area contributed by atoms with Crippen LogP contribution in [-0.4, -0.2) is 23.7 Å². The number of carboxylic acid groups (broad SMARTS) is 1. The zero-order chi connectivity index (χ0) is 13.1. The summed E-state index contributed by atoms with van der Waals surface area (Å²) in [6.45, 7) is 5.39. The van der Waals surface area contributed by atoms with Crippen molar-refractivity contribution in [3.63, 3.8) is 0 Å². The average Bonchev–Trinajstić information content (AvgIpc) is 2.73. The van der Waals surface area contributed by atoms with Crippen LogP contribution in [0.1, 0.15) is 30.9 Å². The summed E-state index contributed by atoms with van der Waals surface area (Å²) >= 11 is 0. The number of aliphatic carboxylic acids is 1. The first-order chi connectivity index (χ1) is 8.58. The van der Waals surface area contributed by atoms with Crippen LogP contribution in [0.4, 0.5) is 5.69 Å². The highest BCUT2D eigenvalue weighted by molar-refractivity contribution is 5.85. The second-order valence-electron chi connectivity index (χ2n) is 4.90. The highest BCUT2D eigenvalue weighted by Crippen LogP contribution is 2.27. The van der Waals surface area contributed by atoms with Gasteiger partial charge in [0, 0.05) is 24.4 Å². The molecule has 18 heavy (non-hydrogen) atoms.